The molecule has 0 aromatic rings. The SMILES string of the molecule is CC1CC(NCCS(C)=O)C1. The highest BCUT2D eigenvalue weighted by molar-refractivity contribution is 7.84. The number of nitrogens with one attached hydrogen (secondary N) is 1. The van der Waals surface area contributed by atoms with Gasteiger partial charge in [0.05, 0.1) is 0 Å². The standard InChI is InChI=1S/C8H17NOS/c1-7-5-8(6-7)9-3-4-11(2)10/h7-9H,3-6H2,1-2H3. The zero-order valence-corrected chi connectivity index (χ0v) is 8.12. The molecule has 0 aliphatic heterocycles. The summed E-state index contributed by atoms with van der Waals surface area (Å²) in [6.45, 7) is 3.19. The molecule has 0 bridgehead atoms. The second-order valence-electron chi connectivity index (χ2n) is 3.50. The Kier molecular flexibility index (Phi) is 3.52. The van der Waals surface area contributed by atoms with E-state index in [1.54, 1.807) is 6.26 Å². The third kappa shape index (κ3) is 3.34. The predicted octanol–water partition coefficient (Wildman–Crippen LogP) is 0.753. The van der Waals surface area contributed by atoms with Gasteiger partial charge < -0.3 is 5.32 Å². The fourth-order valence-electron chi connectivity index (χ4n) is 1.48. The van der Waals surface area contributed by atoms with E-state index in [1.165, 1.54) is 12.8 Å². The molecule has 0 spiro atoms. The van der Waals surface area contributed by atoms with Crippen LogP contribution in [0.2, 0.25) is 0 Å². The van der Waals surface area contributed by atoms with Crippen LogP contribution in [0.1, 0.15) is 19.8 Å². The zero-order chi connectivity index (χ0) is 8.27. The fraction of sp³-hybridized carbons (Fsp3) is 1.00. The van der Waals surface area contributed by atoms with Crippen LogP contribution in [0, 0.1) is 5.92 Å². The van der Waals surface area contributed by atoms with Crippen molar-refractivity contribution in [3.8, 4) is 0 Å². The van der Waals surface area contributed by atoms with Gasteiger partial charge in [-0.25, -0.2) is 0 Å². The van der Waals surface area contributed by atoms with Crippen molar-refractivity contribution < 1.29 is 4.21 Å². The highest BCUT2D eigenvalue weighted by Gasteiger charge is 2.23. The van der Waals surface area contributed by atoms with E-state index in [9.17, 15) is 4.21 Å². The van der Waals surface area contributed by atoms with Gasteiger partial charge in [0, 0.05) is 35.4 Å². The van der Waals surface area contributed by atoms with Gasteiger partial charge in [0.25, 0.3) is 0 Å². The van der Waals surface area contributed by atoms with Gasteiger partial charge >= 0.3 is 0 Å². The van der Waals surface area contributed by atoms with Crippen LogP contribution in [0.15, 0.2) is 0 Å². The van der Waals surface area contributed by atoms with Crippen LogP contribution in [0.4, 0.5) is 0 Å². The summed E-state index contributed by atoms with van der Waals surface area (Å²) in [5.41, 5.74) is 0. The Labute approximate surface area is 71.2 Å². The maximum atomic E-state index is 10.7. The van der Waals surface area contributed by atoms with Crippen molar-refractivity contribution in [3.63, 3.8) is 0 Å². The minimum atomic E-state index is -0.631. The van der Waals surface area contributed by atoms with Crippen LogP contribution >= 0.6 is 0 Å². The first-order valence-corrected chi connectivity index (χ1v) is 5.94. The fourth-order valence-corrected chi connectivity index (χ4v) is 1.88. The van der Waals surface area contributed by atoms with Crippen molar-refractivity contribution in [2.24, 2.45) is 5.92 Å². The molecule has 0 heterocycles. The van der Waals surface area contributed by atoms with E-state index in [2.05, 4.69) is 12.2 Å². The quantitative estimate of drug-likeness (QED) is 0.683. The Hall–Kier alpha value is 0.110. The van der Waals surface area contributed by atoms with Gasteiger partial charge in [-0.05, 0) is 18.8 Å². The normalized spacial score (nSPS) is 32.9. The predicted molar refractivity (Wildman–Crippen MR) is 49.1 cm³/mol. The third-order valence-electron chi connectivity index (χ3n) is 2.20. The molecule has 11 heavy (non-hydrogen) atoms. The topological polar surface area (TPSA) is 29.1 Å². The molecule has 66 valence electrons. The number of hydrogen-bond acceptors (Lipinski definition) is 2. The molecule has 0 amide bonds. The first-order valence-electron chi connectivity index (χ1n) is 4.22. The Morgan fingerprint density at radius 2 is 2.18 bits per heavy atom. The summed E-state index contributed by atoms with van der Waals surface area (Å²) in [5.74, 6) is 1.70. The van der Waals surface area contributed by atoms with Crippen LogP contribution in [0.25, 0.3) is 0 Å². The molecular formula is C8H17NOS. The molecule has 1 N–H and O–H groups in total. The third-order valence-corrected chi connectivity index (χ3v) is 2.98. The first-order chi connectivity index (χ1) is 5.18. The molecule has 2 nitrogen and oxygen atoms in total. The van der Waals surface area contributed by atoms with Gasteiger partial charge in [0.2, 0.25) is 0 Å². The highest BCUT2D eigenvalue weighted by Crippen LogP contribution is 2.25. The van der Waals surface area contributed by atoms with E-state index < -0.39 is 10.8 Å². The first kappa shape index (κ1) is 9.20. The van der Waals surface area contributed by atoms with Crippen LogP contribution in [-0.2, 0) is 10.8 Å². The van der Waals surface area contributed by atoms with Gasteiger partial charge in [-0.1, -0.05) is 6.92 Å². The molecule has 0 saturated heterocycles. The average Bonchev–Trinajstić information content (AvgIpc) is 1.83. The second kappa shape index (κ2) is 4.21. The molecule has 1 unspecified atom stereocenters. The second-order valence-corrected chi connectivity index (χ2v) is 5.06. The molecular weight excluding hydrogens is 158 g/mol. The largest absolute Gasteiger partial charge is 0.313 e. The molecule has 1 aliphatic rings. The summed E-state index contributed by atoms with van der Waals surface area (Å²) in [6.07, 6.45) is 4.36. The van der Waals surface area contributed by atoms with Gasteiger partial charge in [0.1, 0.15) is 0 Å². The van der Waals surface area contributed by atoms with Crippen LogP contribution in [0.5, 0.6) is 0 Å². The Morgan fingerprint density at radius 3 is 2.64 bits per heavy atom. The molecule has 1 rings (SSSR count). The Bertz CT molecular complexity index is 143. The summed E-state index contributed by atoms with van der Waals surface area (Å²) in [7, 11) is -0.631. The summed E-state index contributed by atoms with van der Waals surface area (Å²) in [5, 5.41) is 3.39. The minimum absolute atomic E-state index is 0.631. The van der Waals surface area contributed by atoms with Crippen molar-refractivity contribution in [2.75, 3.05) is 18.6 Å². The minimum Gasteiger partial charge on any atom is -0.313 e. The van der Waals surface area contributed by atoms with E-state index in [-0.39, 0.29) is 0 Å². The number of hydrogen-bond donors (Lipinski definition) is 1. The van der Waals surface area contributed by atoms with Crippen molar-refractivity contribution in [1.82, 2.24) is 5.32 Å². The number of rotatable bonds is 4. The van der Waals surface area contributed by atoms with Gasteiger partial charge in [-0.3, -0.25) is 4.21 Å². The lowest BCUT2D eigenvalue weighted by molar-refractivity contribution is 0.246. The highest BCUT2D eigenvalue weighted by atomic mass is 32.2. The maximum absolute atomic E-state index is 10.7. The monoisotopic (exact) mass is 175 g/mol. The maximum Gasteiger partial charge on any atom is 0.0357 e. The zero-order valence-electron chi connectivity index (χ0n) is 7.30. The van der Waals surface area contributed by atoms with Crippen LogP contribution in [-0.4, -0.2) is 28.8 Å². The van der Waals surface area contributed by atoms with Crippen LogP contribution < -0.4 is 5.32 Å². The molecule has 1 aliphatic carbocycles. The lowest BCUT2D eigenvalue weighted by atomic mass is 9.82. The average molecular weight is 175 g/mol. The summed E-state index contributed by atoms with van der Waals surface area (Å²) < 4.78 is 10.7. The Morgan fingerprint density at radius 1 is 1.55 bits per heavy atom. The molecule has 1 fully saturated rings. The smallest absolute Gasteiger partial charge is 0.0357 e. The van der Waals surface area contributed by atoms with Gasteiger partial charge in [-0.15, -0.1) is 0 Å². The molecule has 0 radical (unpaired) electrons. The molecule has 0 aromatic heterocycles. The summed E-state index contributed by atoms with van der Waals surface area (Å²) >= 11 is 0. The van der Waals surface area contributed by atoms with Crippen molar-refractivity contribution in [2.45, 2.75) is 25.8 Å². The molecule has 0 aromatic carbocycles. The Balaban J connectivity index is 1.92. The lowest BCUT2D eigenvalue weighted by Gasteiger charge is -2.33. The van der Waals surface area contributed by atoms with E-state index in [1.807, 2.05) is 0 Å². The van der Waals surface area contributed by atoms with Crippen molar-refractivity contribution >= 4 is 10.8 Å². The molecule has 1 atom stereocenters. The van der Waals surface area contributed by atoms with E-state index in [0.29, 0.717) is 6.04 Å². The molecule has 1 saturated carbocycles. The van der Waals surface area contributed by atoms with Crippen molar-refractivity contribution in [3.05, 3.63) is 0 Å². The molecule has 3 heteroatoms. The van der Waals surface area contributed by atoms with Crippen LogP contribution in [0.3, 0.4) is 0 Å². The van der Waals surface area contributed by atoms with E-state index in [4.69, 9.17) is 0 Å². The lowest BCUT2D eigenvalue weighted by Crippen LogP contribution is -2.41. The van der Waals surface area contributed by atoms with E-state index >= 15 is 0 Å². The summed E-state index contributed by atoms with van der Waals surface area (Å²) in [4.78, 5) is 0. The summed E-state index contributed by atoms with van der Waals surface area (Å²) in [6, 6.07) is 0.716. The van der Waals surface area contributed by atoms with E-state index in [0.717, 1.165) is 18.2 Å². The van der Waals surface area contributed by atoms with Gasteiger partial charge in [0.15, 0.2) is 0 Å². The van der Waals surface area contributed by atoms with Gasteiger partial charge in [-0.2, -0.15) is 0 Å². The van der Waals surface area contributed by atoms with Crippen molar-refractivity contribution in [1.29, 1.82) is 0 Å².